The molecule has 1 rings (SSSR count). The highest BCUT2D eigenvalue weighted by Crippen LogP contribution is 2.04. The van der Waals surface area contributed by atoms with Crippen molar-refractivity contribution in [2.45, 2.75) is 26.7 Å². The van der Waals surface area contributed by atoms with Gasteiger partial charge in [0.05, 0.1) is 0 Å². The monoisotopic (exact) mass is 284 g/mol. The van der Waals surface area contributed by atoms with E-state index < -0.39 is 16.1 Å². The van der Waals surface area contributed by atoms with Gasteiger partial charge in [0.2, 0.25) is 0 Å². The molecule has 0 aromatic heterocycles. The Hall–Kier alpha value is -1.40. The summed E-state index contributed by atoms with van der Waals surface area (Å²) in [5.41, 5.74) is 0.332. The van der Waals surface area contributed by atoms with E-state index in [2.05, 4.69) is 4.72 Å². The second-order valence-electron chi connectivity index (χ2n) is 4.20. The smallest absolute Gasteiger partial charge is 0.268 e. The van der Waals surface area contributed by atoms with Gasteiger partial charge in [0.1, 0.15) is 0 Å². The molecule has 0 aliphatic heterocycles. The van der Waals surface area contributed by atoms with Gasteiger partial charge < -0.3 is 0 Å². The molecule has 0 unspecified atom stereocenters. The van der Waals surface area contributed by atoms with Gasteiger partial charge in [-0.1, -0.05) is 32.0 Å². The first-order valence-corrected chi connectivity index (χ1v) is 7.82. The van der Waals surface area contributed by atoms with Crippen molar-refractivity contribution in [3.63, 3.8) is 0 Å². The highest BCUT2D eigenvalue weighted by molar-refractivity contribution is 7.87. The Kier molecular flexibility index (Phi) is 5.98. The first-order chi connectivity index (χ1) is 9.01. The standard InChI is InChI=1S/C13H20N2O3S/c1-3-10-15(11-4-2)19(17,18)14-13(16)12-8-6-5-7-9-12/h5-9H,3-4,10-11H2,1-2H3,(H,14,16). The maximum absolute atomic E-state index is 12.1. The Morgan fingerprint density at radius 2 is 1.63 bits per heavy atom. The van der Waals surface area contributed by atoms with E-state index in [9.17, 15) is 13.2 Å². The molecule has 19 heavy (non-hydrogen) atoms. The largest absolute Gasteiger partial charge is 0.304 e. The summed E-state index contributed by atoms with van der Waals surface area (Å²) in [6.07, 6.45) is 1.42. The molecule has 0 aliphatic carbocycles. The zero-order valence-corrected chi connectivity index (χ0v) is 12.1. The number of hydrogen-bond acceptors (Lipinski definition) is 3. The molecule has 1 aromatic carbocycles. The molecule has 0 spiro atoms. The van der Waals surface area contributed by atoms with E-state index in [0.29, 0.717) is 31.5 Å². The van der Waals surface area contributed by atoms with Crippen LogP contribution in [-0.4, -0.2) is 31.7 Å². The second kappa shape index (κ2) is 7.25. The molecule has 0 radical (unpaired) electrons. The normalized spacial score (nSPS) is 11.5. The van der Waals surface area contributed by atoms with Crippen LogP contribution < -0.4 is 4.72 Å². The van der Waals surface area contributed by atoms with Gasteiger partial charge in [-0.3, -0.25) is 4.79 Å². The number of rotatable bonds is 7. The molecule has 5 nitrogen and oxygen atoms in total. The number of nitrogens with one attached hydrogen (secondary N) is 1. The molecule has 106 valence electrons. The summed E-state index contributed by atoms with van der Waals surface area (Å²) in [5, 5.41) is 0. The Morgan fingerprint density at radius 1 is 1.11 bits per heavy atom. The van der Waals surface area contributed by atoms with Gasteiger partial charge in [-0.25, -0.2) is 4.72 Å². The lowest BCUT2D eigenvalue weighted by Crippen LogP contribution is -2.44. The fourth-order valence-electron chi connectivity index (χ4n) is 1.68. The SMILES string of the molecule is CCCN(CCC)S(=O)(=O)NC(=O)c1ccccc1. The molecule has 0 bridgehead atoms. The summed E-state index contributed by atoms with van der Waals surface area (Å²) in [7, 11) is -3.76. The summed E-state index contributed by atoms with van der Waals surface area (Å²) in [5.74, 6) is -0.599. The molecule has 1 amide bonds. The topological polar surface area (TPSA) is 66.5 Å². The molecule has 0 heterocycles. The number of carbonyl (C=O) groups is 1. The van der Waals surface area contributed by atoms with Gasteiger partial charge in [-0.05, 0) is 25.0 Å². The molecule has 0 atom stereocenters. The van der Waals surface area contributed by atoms with Crippen LogP contribution in [0.3, 0.4) is 0 Å². The second-order valence-corrected chi connectivity index (χ2v) is 5.87. The van der Waals surface area contributed by atoms with Crippen molar-refractivity contribution in [2.75, 3.05) is 13.1 Å². The minimum Gasteiger partial charge on any atom is -0.268 e. The van der Waals surface area contributed by atoms with Crippen molar-refractivity contribution in [1.29, 1.82) is 0 Å². The van der Waals surface area contributed by atoms with E-state index in [4.69, 9.17) is 0 Å². The molecule has 6 heteroatoms. The molecule has 1 aromatic rings. The maximum Gasteiger partial charge on any atom is 0.304 e. The molecule has 0 saturated heterocycles. The highest BCUT2D eigenvalue weighted by Gasteiger charge is 2.23. The minimum atomic E-state index is -3.76. The zero-order valence-electron chi connectivity index (χ0n) is 11.3. The van der Waals surface area contributed by atoms with Crippen LogP contribution in [0.15, 0.2) is 30.3 Å². The average molecular weight is 284 g/mol. The number of carbonyl (C=O) groups excluding carboxylic acids is 1. The van der Waals surface area contributed by atoms with Crippen molar-refractivity contribution >= 4 is 16.1 Å². The molecule has 1 N–H and O–H groups in total. The Bertz CT molecular complexity index is 494. The van der Waals surface area contributed by atoms with Crippen LogP contribution in [0.5, 0.6) is 0 Å². The fraction of sp³-hybridized carbons (Fsp3) is 0.462. The third kappa shape index (κ3) is 4.65. The zero-order chi connectivity index (χ0) is 14.3. The highest BCUT2D eigenvalue weighted by atomic mass is 32.2. The molecular formula is C13H20N2O3S. The lowest BCUT2D eigenvalue weighted by atomic mass is 10.2. The van der Waals surface area contributed by atoms with Gasteiger partial charge in [0, 0.05) is 18.7 Å². The summed E-state index contributed by atoms with van der Waals surface area (Å²) >= 11 is 0. The first kappa shape index (κ1) is 15.7. The quantitative estimate of drug-likeness (QED) is 0.830. The minimum absolute atomic E-state index is 0.332. The van der Waals surface area contributed by atoms with Gasteiger partial charge in [-0.2, -0.15) is 12.7 Å². The summed E-state index contributed by atoms with van der Waals surface area (Å²) < 4.78 is 27.6. The first-order valence-electron chi connectivity index (χ1n) is 6.38. The average Bonchev–Trinajstić information content (AvgIpc) is 2.39. The fourth-order valence-corrected chi connectivity index (χ4v) is 3.01. The van der Waals surface area contributed by atoms with Crippen molar-refractivity contribution in [2.24, 2.45) is 0 Å². The van der Waals surface area contributed by atoms with Crippen LogP contribution in [0.2, 0.25) is 0 Å². The number of amides is 1. The summed E-state index contributed by atoms with van der Waals surface area (Å²) in [6, 6.07) is 8.31. The van der Waals surface area contributed by atoms with Gasteiger partial charge in [0.15, 0.2) is 0 Å². The lowest BCUT2D eigenvalue weighted by molar-refractivity contribution is 0.0979. The van der Waals surface area contributed by atoms with E-state index in [1.807, 2.05) is 13.8 Å². The molecule has 0 aliphatic rings. The molecular weight excluding hydrogens is 264 g/mol. The Morgan fingerprint density at radius 3 is 2.11 bits per heavy atom. The van der Waals surface area contributed by atoms with E-state index in [0.717, 1.165) is 0 Å². The van der Waals surface area contributed by atoms with Crippen LogP contribution in [0.25, 0.3) is 0 Å². The third-order valence-corrected chi connectivity index (χ3v) is 4.03. The summed E-state index contributed by atoms with van der Waals surface area (Å²) in [6.45, 7) is 4.62. The van der Waals surface area contributed by atoms with Crippen LogP contribution in [0.4, 0.5) is 0 Å². The van der Waals surface area contributed by atoms with Crippen LogP contribution in [0, 0.1) is 0 Å². The predicted octanol–water partition coefficient (Wildman–Crippen LogP) is 1.78. The van der Waals surface area contributed by atoms with Crippen LogP contribution >= 0.6 is 0 Å². The van der Waals surface area contributed by atoms with E-state index in [1.165, 1.54) is 4.31 Å². The van der Waals surface area contributed by atoms with Crippen molar-refractivity contribution < 1.29 is 13.2 Å². The van der Waals surface area contributed by atoms with Crippen molar-refractivity contribution in [1.82, 2.24) is 9.03 Å². The number of hydrogen-bond donors (Lipinski definition) is 1. The Balaban J connectivity index is 2.80. The van der Waals surface area contributed by atoms with E-state index in [-0.39, 0.29) is 0 Å². The number of nitrogens with zero attached hydrogens (tertiary/aromatic N) is 1. The lowest BCUT2D eigenvalue weighted by Gasteiger charge is -2.20. The van der Waals surface area contributed by atoms with E-state index >= 15 is 0 Å². The maximum atomic E-state index is 12.1. The molecule has 0 fully saturated rings. The van der Waals surface area contributed by atoms with Crippen LogP contribution in [-0.2, 0) is 10.2 Å². The van der Waals surface area contributed by atoms with Crippen molar-refractivity contribution in [3.8, 4) is 0 Å². The van der Waals surface area contributed by atoms with Crippen molar-refractivity contribution in [3.05, 3.63) is 35.9 Å². The summed E-state index contributed by atoms with van der Waals surface area (Å²) in [4.78, 5) is 11.9. The van der Waals surface area contributed by atoms with E-state index in [1.54, 1.807) is 30.3 Å². The van der Waals surface area contributed by atoms with Crippen LogP contribution in [0.1, 0.15) is 37.0 Å². The third-order valence-electron chi connectivity index (χ3n) is 2.54. The molecule has 0 saturated carbocycles. The van der Waals surface area contributed by atoms with Gasteiger partial charge >= 0.3 is 10.2 Å². The number of benzene rings is 1. The van der Waals surface area contributed by atoms with Gasteiger partial charge in [0.25, 0.3) is 5.91 Å². The Labute approximate surface area is 114 Å². The van der Waals surface area contributed by atoms with Gasteiger partial charge in [-0.15, -0.1) is 0 Å². The predicted molar refractivity (Wildman–Crippen MR) is 75.0 cm³/mol.